The summed E-state index contributed by atoms with van der Waals surface area (Å²) in [5.74, 6) is 0.505. The molecule has 0 unspecified atom stereocenters. The molecule has 148 valence electrons. The van der Waals surface area contributed by atoms with Crippen molar-refractivity contribution in [2.45, 2.75) is 39.0 Å². The van der Waals surface area contributed by atoms with E-state index < -0.39 is 10.9 Å². The maximum absolute atomic E-state index is 11.9. The number of nitro groups is 1. The number of ether oxygens (including phenoxy) is 2. The Bertz CT molecular complexity index is 782. The second-order valence-corrected chi connectivity index (χ2v) is 6.34. The summed E-state index contributed by atoms with van der Waals surface area (Å²) in [6, 6.07) is 12.8. The minimum absolute atomic E-state index is 0.0568. The van der Waals surface area contributed by atoms with E-state index in [1.807, 2.05) is 24.3 Å². The molecule has 0 saturated heterocycles. The molecule has 0 spiro atoms. The number of carbonyl (C=O) groups excluding carboxylic acids is 1. The Kier molecular flexibility index (Phi) is 8.72. The molecule has 0 heterocycles. The first kappa shape index (κ1) is 21.2. The molecule has 28 heavy (non-hydrogen) atoms. The van der Waals surface area contributed by atoms with Crippen LogP contribution >= 0.6 is 0 Å². The van der Waals surface area contributed by atoms with Crippen molar-refractivity contribution in [2.75, 3.05) is 6.61 Å². The maximum atomic E-state index is 11.9. The van der Waals surface area contributed by atoms with E-state index in [1.165, 1.54) is 56.0 Å². The normalized spacial score (nSPS) is 10.8. The highest BCUT2D eigenvalue weighted by atomic mass is 16.6. The zero-order valence-electron chi connectivity index (χ0n) is 16.0. The molecular weight excluding hydrogens is 358 g/mol. The van der Waals surface area contributed by atoms with Crippen LogP contribution in [0.15, 0.2) is 54.6 Å². The van der Waals surface area contributed by atoms with Crippen molar-refractivity contribution in [3.8, 4) is 11.5 Å². The van der Waals surface area contributed by atoms with Crippen molar-refractivity contribution in [3.05, 3.63) is 70.3 Å². The Balaban J connectivity index is 1.76. The molecule has 0 aliphatic heterocycles. The van der Waals surface area contributed by atoms with Gasteiger partial charge in [-0.2, -0.15) is 0 Å². The lowest BCUT2D eigenvalue weighted by Crippen LogP contribution is -2.03. The molecule has 2 rings (SSSR count). The lowest BCUT2D eigenvalue weighted by Gasteiger charge is -2.06. The number of rotatable bonds is 11. The maximum Gasteiger partial charge on any atom is 0.336 e. The van der Waals surface area contributed by atoms with Gasteiger partial charge in [0.2, 0.25) is 0 Å². The highest BCUT2D eigenvalue weighted by Crippen LogP contribution is 2.18. The number of non-ortho nitro benzene ring substituents is 1. The molecule has 0 bridgehead atoms. The van der Waals surface area contributed by atoms with E-state index in [0.29, 0.717) is 6.61 Å². The van der Waals surface area contributed by atoms with Gasteiger partial charge in [0.1, 0.15) is 11.5 Å². The Morgan fingerprint density at radius 2 is 1.61 bits per heavy atom. The summed E-state index contributed by atoms with van der Waals surface area (Å²) in [6.07, 6.45) is 8.94. The van der Waals surface area contributed by atoms with Crippen molar-refractivity contribution in [1.29, 1.82) is 0 Å². The summed E-state index contributed by atoms with van der Waals surface area (Å²) in [5.41, 5.74) is 0.787. The highest BCUT2D eigenvalue weighted by molar-refractivity contribution is 5.88. The Labute approximate surface area is 164 Å². The van der Waals surface area contributed by atoms with Crippen LogP contribution in [-0.2, 0) is 4.79 Å². The fraction of sp³-hybridized carbons (Fsp3) is 0.318. The average molecular weight is 383 g/mol. The van der Waals surface area contributed by atoms with Gasteiger partial charge in [0.05, 0.1) is 11.5 Å². The number of unbranched alkanes of at least 4 members (excludes halogenated alkanes) is 4. The van der Waals surface area contributed by atoms with Crippen LogP contribution in [0.3, 0.4) is 0 Å². The first-order valence-corrected chi connectivity index (χ1v) is 9.45. The third kappa shape index (κ3) is 7.61. The fourth-order valence-corrected chi connectivity index (χ4v) is 2.52. The fourth-order valence-electron chi connectivity index (χ4n) is 2.52. The van der Waals surface area contributed by atoms with E-state index in [-0.39, 0.29) is 11.4 Å². The molecule has 0 N–H and O–H groups in total. The average Bonchev–Trinajstić information content (AvgIpc) is 2.70. The minimum atomic E-state index is -0.554. The van der Waals surface area contributed by atoms with Gasteiger partial charge in [-0.1, -0.05) is 44.7 Å². The van der Waals surface area contributed by atoms with Crippen LogP contribution < -0.4 is 9.47 Å². The van der Waals surface area contributed by atoms with E-state index in [9.17, 15) is 14.9 Å². The first-order valence-electron chi connectivity index (χ1n) is 9.45. The van der Waals surface area contributed by atoms with Crippen LogP contribution in [0.2, 0.25) is 0 Å². The van der Waals surface area contributed by atoms with Crippen LogP contribution in [0.1, 0.15) is 44.6 Å². The minimum Gasteiger partial charge on any atom is -0.494 e. The molecule has 0 fully saturated rings. The van der Waals surface area contributed by atoms with Crippen LogP contribution in [0, 0.1) is 10.1 Å². The molecule has 6 heteroatoms. The van der Waals surface area contributed by atoms with Gasteiger partial charge < -0.3 is 9.47 Å². The molecule has 2 aromatic carbocycles. The largest absolute Gasteiger partial charge is 0.494 e. The van der Waals surface area contributed by atoms with Gasteiger partial charge in [0.25, 0.3) is 5.69 Å². The van der Waals surface area contributed by atoms with Gasteiger partial charge in [0, 0.05) is 18.2 Å². The molecule has 0 amide bonds. The number of nitrogens with zero attached hydrogens (tertiary/aromatic N) is 1. The molecule has 0 saturated carbocycles. The Morgan fingerprint density at radius 1 is 0.964 bits per heavy atom. The number of esters is 1. The van der Waals surface area contributed by atoms with Crippen molar-refractivity contribution in [1.82, 2.24) is 0 Å². The van der Waals surface area contributed by atoms with Crippen molar-refractivity contribution < 1.29 is 19.2 Å². The van der Waals surface area contributed by atoms with Crippen molar-refractivity contribution >= 4 is 17.7 Å². The smallest absolute Gasteiger partial charge is 0.336 e. The zero-order chi connectivity index (χ0) is 20.2. The van der Waals surface area contributed by atoms with E-state index in [0.717, 1.165) is 17.7 Å². The molecular formula is C22H25NO5. The van der Waals surface area contributed by atoms with Gasteiger partial charge in [-0.05, 0) is 42.3 Å². The third-order valence-corrected chi connectivity index (χ3v) is 4.07. The molecule has 6 nitrogen and oxygen atoms in total. The standard InChI is InChI=1S/C22H25NO5/c1-2-3-4-5-6-17-27-20-12-7-18(8-13-20)9-16-22(24)28-21-14-10-19(11-15-21)23(25)26/h7-16H,2-6,17H2,1H3. The van der Waals surface area contributed by atoms with Gasteiger partial charge in [-0.25, -0.2) is 4.79 Å². The summed E-state index contributed by atoms with van der Waals surface area (Å²) in [4.78, 5) is 22.0. The quantitative estimate of drug-likeness (QED) is 0.127. The molecule has 0 radical (unpaired) electrons. The highest BCUT2D eigenvalue weighted by Gasteiger charge is 2.06. The van der Waals surface area contributed by atoms with Crippen molar-refractivity contribution in [3.63, 3.8) is 0 Å². The van der Waals surface area contributed by atoms with Gasteiger partial charge >= 0.3 is 5.97 Å². The predicted molar refractivity (Wildman–Crippen MR) is 108 cm³/mol. The van der Waals surface area contributed by atoms with Crippen LogP contribution in [0.4, 0.5) is 5.69 Å². The van der Waals surface area contributed by atoms with E-state index >= 15 is 0 Å². The summed E-state index contributed by atoms with van der Waals surface area (Å²) in [7, 11) is 0. The second kappa shape index (κ2) is 11.5. The zero-order valence-corrected chi connectivity index (χ0v) is 16.0. The molecule has 0 aromatic heterocycles. The Morgan fingerprint density at radius 3 is 2.25 bits per heavy atom. The number of nitro benzene ring substituents is 1. The lowest BCUT2D eigenvalue weighted by molar-refractivity contribution is -0.384. The van der Waals surface area contributed by atoms with E-state index in [2.05, 4.69) is 6.92 Å². The third-order valence-electron chi connectivity index (χ3n) is 4.07. The SMILES string of the molecule is CCCCCCCOc1ccc(C=CC(=O)Oc2ccc([N+](=O)[O-])cc2)cc1. The van der Waals surface area contributed by atoms with Crippen LogP contribution in [-0.4, -0.2) is 17.5 Å². The number of hydrogen-bond donors (Lipinski definition) is 0. The molecule has 0 aliphatic rings. The van der Waals surface area contributed by atoms with E-state index in [4.69, 9.17) is 9.47 Å². The van der Waals surface area contributed by atoms with Gasteiger partial charge in [-0.15, -0.1) is 0 Å². The van der Waals surface area contributed by atoms with Gasteiger partial charge in [0.15, 0.2) is 0 Å². The molecule has 0 atom stereocenters. The lowest BCUT2D eigenvalue weighted by atomic mass is 10.2. The number of hydrogen-bond acceptors (Lipinski definition) is 5. The number of carbonyl (C=O) groups is 1. The molecule has 0 aliphatic carbocycles. The van der Waals surface area contributed by atoms with Crippen LogP contribution in [0.25, 0.3) is 6.08 Å². The topological polar surface area (TPSA) is 78.7 Å². The summed E-state index contributed by atoms with van der Waals surface area (Å²) in [6.45, 7) is 2.91. The van der Waals surface area contributed by atoms with Crippen LogP contribution in [0.5, 0.6) is 11.5 Å². The van der Waals surface area contributed by atoms with E-state index in [1.54, 1.807) is 6.08 Å². The summed E-state index contributed by atoms with van der Waals surface area (Å²) < 4.78 is 10.8. The first-order chi connectivity index (χ1) is 13.6. The van der Waals surface area contributed by atoms with Crippen molar-refractivity contribution in [2.24, 2.45) is 0 Å². The summed E-state index contributed by atoms with van der Waals surface area (Å²) in [5, 5.41) is 10.6. The predicted octanol–water partition coefficient (Wildman–Crippen LogP) is 5.56. The monoisotopic (exact) mass is 383 g/mol. The second-order valence-electron chi connectivity index (χ2n) is 6.34. The number of benzene rings is 2. The Hall–Kier alpha value is -3.15. The molecule has 2 aromatic rings. The van der Waals surface area contributed by atoms with Gasteiger partial charge in [-0.3, -0.25) is 10.1 Å². The summed E-state index contributed by atoms with van der Waals surface area (Å²) >= 11 is 0.